The summed E-state index contributed by atoms with van der Waals surface area (Å²) in [7, 11) is 0. The Morgan fingerprint density at radius 1 is 1.16 bits per heavy atom. The van der Waals surface area contributed by atoms with E-state index in [9.17, 15) is 4.79 Å². The molecule has 0 atom stereocenters. The third kappa shape index (κ3) is 12.6. The zero-order valence-electron chi connectivity index (χ0n) is 15.6. The van der Waals surface area contributed by atoms with E-state index in [-0.39, 0.29) is 42.0 Å². The molecule has 0 aliphatic rings. The molecule has 0 aliphatic heterocycles. The van der Waals surface area contributed by atoms with Crippen molar-refractivity contribution in [1.29, 1.82) is 0 Å². The van der Waals surface area contributed by atoms with E-state index in [4.69, 9.17) is 4.74 Å². The van der Waals surface area contributed by atoms with Crippen molar-refractivity contribution in [2.24, 2.45) is 4.99 Å². The average Bonchev–Trinajstić information content (AvgIpc) is 2.51. The lowest BCUT2D eigenvalue weighted by molar-refractivity contribution is -0.121. The molecule has 1 aromatic carbocycles. The molecule has 0 fully saturated rings. The summed E-state index contributed by atoms with van der Waals surface area (Å²) < 4.78 is 5.62. The highest BCUT2D eigenvalue weighted by Crippen LogP contribution is 1.99. The number of guanidine groups is 1. The number of halogens is 1. The number of amides is 1. The number of carbonyl (C=O) groups is 1. The van der Waals surface area contributed by atoms with Gasteiger partial charge in [-0.3, -0.25) is 4.79 Å². The lowest BCUT2D eigenvalue weighted by Crippen LogP contribution is -2.43. The minimum absolute atomic E-state index is 0. The molecule has 0 bridgehead atoms. The fourth-order valence-corrected chi connectivity index (χ4v) is 1.96. The van der Waals surface area contributed by atoms with Crippen LogP contribution >= 0.6 is 24.0 Å². The first-order chi connectivity index (χ1) is 11.4. The van der Waals surface area contributed by atoms with Crippen LogP contribution in [0.3, 0.4) is 0 Å². The van der Waals surface area contributed by atoms with Crippen molar-refractivity contribution in [2.75, 3.05) is 26.2 Å². The van der Waals surface area contributed by atoms with Crippen molar-refractivity contribution in [2.45, 2.75) is 39.8 Å². The first-order valence-corrected chi connectivity index (χ1v) is 8.35. The molecular formula is C18H31IN4O2. The van der Waals surface area contributed by atoms with Gasteiger partial charge >= 0.3 is 0 Å². The highest BCUT2D eigenvalue weighted by atomic mass is 127. The van der Waals surface area contributed by atoms with E-state index in [1.165, 1.54) is 0 Å². The summed E-state index contributed by atoms with van der Waals surface area (Å²) in [6, 6.07) is 10.0. The van der Waals surface area contributed by atoms with Crippen LogP contribution < -0.4 is 16.0 Å². The van der Waals surface area contributed by atoms with Gasteiger partial charge in [0.25, 0.3) is 0 Å². The second-order valence-corrected chi connectivity index (χ2v) is 6.46. The van der Waals surface area contributed by atoms with Gasteiger partial charge in [-0.05, 0) is 33.3 Å². The molecule has 1 rings (SSSR count). The molecule has 7 heteroatoms. The Morgan fingerprint density at radius 3 is 2.44 bits per heavy atom. The van der Waals surface area contributed by atoms with Gasteiger partial charge in [-0.2, -0.15) is 0 Å². The zero-order chi connectivity index (χ0) is 17.8. The maximum absolute atomic E-state index is 11.8. The Bertz CT molecular complexity index is 516. The van der Waals surface area contributed by atoms with Gasteiger partial charge in [-0.1, -0.05) is 30.3 Å². The smallest absolute Gasteiger partial charge is 0.242 e. The Labute approximate surface area is 168 Å². The highest BCUT2D eigenvalue weighted by Gasteiger charge is 2.13. The summed E-state index contributed by atoms with van der Waals surface area (Å²) in [6.45, 7) is 10.4. The van der Waals surface area contributed by atoms with Crippen molar-refractivity contribution >= 4 is 35.8 Å². The normalized spacial score (nSPS) is 11.4. The predicted molar refractivity (Wildman–Crippen MR) is 113 cm³/mol. The van der Waals surface area contributed by atoms with E-state index < -0.39 is 0 Å². The maximum Gasteiger partial charge on any atom is 0.242 e. The third-order valence-electron chi connectivity index (χ3n) is 2.89. The number of benzene rings is 1. The molecule has 25 heavy (non-hydrogen) atoms. The fraction of sp³-hybridized carbons (Fsp3) is 0.556. The topological polar surface area (TPSA) is 74.8 Å². The summed E-state index contributed by atoms with van der Waals surface area (Å²) in [5.41, 5.74) is 0.904. The number of carbonyl (C=O) groups excluding carboxylic acids is 1. The Kier molecular flexibility index (Phi) is 12.2. The van der Waals surface area contributed by atoms with Crippen LogP contribution in [-0.2, 0) is 16.1 Å². The summed E-state index contributed by atoms with van der Waals surface area (Å²) in [6.07, 6.45) is 0. The molecule has 0 radical (unpaired) electrons. The molecule has 1 aromatic rings. The highest BCUT2D eigenvalue weighted by molar-refractivity contribution is 14.0. The minimum atomic E-state index is -0.246. The average molecular weight is 462 g/mol. The van der Waals surface area contributed by atoms with E-state index in [0.717, 1.165) is 12.1 Å². The Morgan fingerprint density at radius 2 is 1.84 bits per heavy atom. The minimum Gasteiger partial charge on any atom is -0.375 e. The van der Waals surface area contributed by atoms with Crippen molar-refractivity contribution in [3.63, 3.8) is 0 Å². The Balaban J connectivity index is 0.00000576. The van der Waals surface area contributed by atoms with Crippen LogP contribution in [0.25, 0.3) is 0 Å². The lowest BCUT2D eigenvalue weighted by Gasteiger charge is -2.20. The molecule has 6 nitrogen and oxygen atoms in total. The number of ether oxygens (including phenoxy) is 1. The number of nitrogens with one attached hydrogen (secondary N) is 3. The van der Waals surface area contributed by atoms with Gasteiger partial charge < -0.3 is 20.7 Å². The molecule has 0 saturated carbocycles. The second-order valence-electron chi connectivity index (χ2n) is 6.46. The first-order valence-electron chi connectivity index (χ1n) is 8.35. The molecule has 0 unspecified atom stereocenters. The van der Waals surface area contributed by atoms with Gasteiger partial charge in [-0.15, -0.1) is 24.0 Å². The molecule has 0 aliphatic carbocycles. The van der Waals surface area contributed by atoms with Crippen LogP contribution in [0, 0.1) is 0 Å². The summed E-state index contributed by atoms with van der Waals surface area (Å²) in [4.78, 5) is 16.1. The molecule has 0 spiro atoms. The number of aliphatic imine (C=N–C) groups is 1. The van der Waals surface area contributed by atoms with Crippen LogP contribution in [-0.4, -0.2) is 43.6 Å². The van der Waals surface area contributed by atoms with Gasteiger partial charge in [0.05, 0.1) is 13.2 Å². The SMILES string of the molecule is CCNC(=NCC(=O)NC(C)(C)C)NCCOCc1ccccc1.I. The van der Waals surface area contributed by atoms with Crippen LogP contribution in [0.4, 0.5) is 0 Å². The van der Waals surface area contributed by atoms with Gasteiger partial charge in [0, 0.05) is 18.6 Å². The maximum atomic E-state index is 11.8. The standard InChI is InChI=1S/C18H30N4O2.HI/c1-5-19-17(21-13-16(23)22-18(2,3)4)20-11-12-24-14-15-9-7-6-8-10-15;/h6-10H,5,11-14H2,1-4H3,(H,22,23)(H2,19,20,21);1H. The number of rotatable bonds is 8. The van der Waals surface area contributed by atoms with Crippen LogP contribution in [0.2, 0.25) is 0 Å². The van der Waals surface area contributed by atoms with E-state index in [1.54, 1.807) is 0 Å². The van der Waals surface area contributed by atoms with E-state index in [2.05, 4.69) is 20.9 Å². The monoisotopic (exact) mass is 462 g/mol. The predicted octanol–water partition coefficient (Wildman–Crippen LogP) is 2.29. The van der Waals surface area contributed by atoms with Crippen LogP contribution in [0.15, 0.2) is 35.3 Å². The van der Waals surface area contributed by atoms with Gasteiger partial charge in [0.2, 0.25) is 5.91 Å². The molecule has 0 aromatic heterocycles. The molecule has 0 saturated heterocycles. The second kappa shape index (κ2) is 12.9. The van der Waals surface area contributed by atoms with Crippen molar-refractivity contribution in [1.82, 2.24) is 16.0 Å². The van der Waals surface area contributed by atoms with Gasteiger partial charge in [0.1, 0.15) is 6.54 Å². The molecule has 142 valence electrons. The van der Waals surface area contributed by atoms with E-state index in [0.29, 0.717) is 25.7 Å². The van der Waals surface area contributed by atoms with Crippen molar-refractivity contribution in [3.8, 4) is 0 Å². The quantitative estimate of drug-likeness (QED) is 0.240. The largest absolute Gasteiger partial charge is 0.375 e. The van der Waals surface area contributed by atoms with Crippen LogP contribution in [0.5, 0.6) is 0 Å². The lowest BCUT2D eigenvalue weighted by atomic mass is 10.1. The van der Waals surface area contributed by atoms with E-state index in [1.807, 2.05) is 58.0 Å². The Hall–Kier alpha value is -1.35. The molecular weight excluding hydrogens is 431 g/mol. The van der Waals surface area contributed by atoms with Crippen LogP contribution in [0.1, 0.15) is 33.3 Å². The zero-order valence-corrected chi connectivity index (χ0v) is 17.9. The number of hydrogen-bond donors (Lipinski definition) is 3. The summed E-state index contributed by atoms with van der Waals surface area (Å²) in [5, 5.41) is 9.16. The van der Waals surface area contributed by atoms with Gasteiger partial charge in [0.15, 0.2) is 5.96 Å². The third-order valence-corrected chi connectivity index (χ3v) is 2.89. The van der Waals surface area contributed by atoms with Crippen molar-refractivity contribution < 1.29 is 9.53 Å². The van der Waals surface area contributed by atoms with Crippen molar-refractivity contribution in [3.05, 3.63) is 35.9 Å². The molecule has 0 heterocycles. The fourth-order valence-electron chi connectivity index (χ4n) is 1.96. The molecule has 1 amide bonds. The first kappa shape index (κ1) is 23.6. The summed E-state index contributed by atoms with van der Waals surface area (Å²) >= 11 is 0. The number of nitrogens with zero attached hydrogens (tertiary/aromatic N) is 1. The van der Waals surface area contributed by atoms with E-state index >= 15 is 0 Å². The van der Waals surface area contributed by atoms with Gasteiger partial charge in [-0.25, -0.2) is 4.99 Å². The number of hydrogen-bond acceptors (Lipinski definition) is 3. The molecule has 3 N–H and O–H groups in total. The summed E-state index contributed by atoms with van der Waals surface area (Å²) in [5.74, 6) is 0.518.